The van der Waals surface area contributed by atoms with E-state index in [0.717, 1.165) is 0 Å². The molecule has 0 saturated carbocycles. The van der Waals surface area contributed by atoms with Crippen molar-refractivity contribution >= 4 is 11.9 Å². The van der Waals surface area contributed by atoms with Crippen LogP contribution in [0.2, 0.25) is 0 Å². The summed E-state index contributed by atoms with van der Waals surface area (Å²) < 4.78 is 4.63. The number of nitrogens with two attached hydrogens (primary N) is 1. The van der Waals surface area contributed by atoms with Crippen LogP contribution in [0, 0.1) is 5.41 Å². The zero-order valence-electron chi connectivity index (χ0n) is 11.0. The minimum absolute atomic E-state index is 0.316. The third-order valence-corrected chi connectivity index (χ3v) is 2.56. The molecule has 0 aliphatic carbocycles. The number of methoxy groups -OCH3 is 1. The van der Waals surface area contributed by atoms with Crippen LogP contribution < -0.4 is 11.1 Å². The van der Waals surface area contributed by atoms with Crippen molar-refractivity contribution in [3.8, 4) is 0 Å². The molecule has 0 rings (SSSR count). The molecular formula is C12H22N2O3. The molecule has 98 valence electrons. The topological polar surface area (TPSA) is 81.4 Å². The summed E-state index contributed by atoms with van der Waals surface area (Å²) in [5, 5.41) is 3.07. The quantitative estimate of drug-likeness (QED) is 0.389. The molecular weight excluding hydrogens is 220 g/mol. The van der Waals surface area contributed by atoms with Crippen LogP contribution in [-0.2, 0) is 14.3 Å². The molecule has 5 heteroatoms. The number of nitrogens with one attached hydrogen (secondary N) is 1. The molecule has 0 unspecified atom stereocenters. The predicted molar refractivity (Wildman–Crippen MR) is 66.2 cm³/mol. The average molecular weight is 242 g/mol. The zero-order chi connectivity index (χ0) is 13.5. The van der Waals surface area contributed by atoms with E-state index in [1.807, 2.05) is 6.92 Å². The third kappa shape index (κ3) is 5.49. The molecule has 0 atom stereocenters. The van der Waals surface area contributed by atoms with Gasteiger partial charge in [0.25, 0.3) is 0 Å². The lowest BCUT2D eigenvalue weighted by Crippen LogP contribution is -2.40. The third-order valence-electron chi connectivity index (χ3n) is 2.56. The lowest BCUT2D eigenvalue weighted by molar-refractivity contribution is -0.136. The Labute approximate surface area is 102 Å². The second-order valence-corrected chi connectivity index (χ2v) is 4.45. The van der Waals surface area contributed by atoms with E-state index in [-0.39, 0.29) is 11.9 Å². The van der Waals surface area contributed by atoms with E-state index < -0.39 is 5.41 Å². The van der Waals surface area contributed by atoms with Gasteiger partial charge in [-0.1, -0.05) is 13.0 Å². The maximum atomic E-state index is 11.2. The Morgan fingerprint density at radius 3 is 2.41 bits per heavy atom. The highest BCUT2D eigenvalue weighted by Gasteiger charge is 2.23. The first-order valence-corrected chi connectivity index (χ1v) is 5.63. The predicted octanol–water partition coefficient (Wildman–Crippen LogP) is 0.597. The number of esters is 1. The molecule has 0 aromatic rings. The summed E-state index contributed by atoms with van der Waals surface area (Å²) in [5.41, 5.74) is 5.27. The number of amides is 1. The maximum Gasteiger partial charge on any atom is 0.333 e. The minimum Gasteiger partial charge on any atom is -0.466 e. The number of carbonyl (C=O) groups is 2. The van der Waals surface area contributed by atoms with Gasteiger partial charge in [-0.2, -0.15) is 0 Å². The van der Waals surface area contributed by atoms with Crippen molar-refractivity contribution in [2.24, 2.45) is 11.1 Å². The molecule has 0 bridgehead atoms. The molecule has 0 aromatic heterocycles. The summed E-state index contributed by atoms with van der Waals surface area (Å²) in [5.74, 6) is -0.666. The SMILES string of the molecule is CCC(=CCNCC(C)(C)C(N)=O)C(=O)OC. The largest absolute Gasteiger partial charge is 0.466 e. The normalized spacial score (nSPS) is 12.4. The lowest BCUT2D eigenvalue weighted by Gasteiger charge is -2.20. The Kier molecular flexibility index (Phi) is 6.50. The van der Waals surface area contributed by atoms with Gasteiger partial charge in [-0.05, 0) is 20.3 Å². The molecule has 1 amide bonds. The number of ether oxygens (including phenoxy) is 1. The van der Waals surface area contributed by atoms with E-state index in [1.165, 1.54) is 7.11 Å². The molecule has 0 radical (unpaired) electrons. The molecule has 0 spiro atoms. The van der Waals surface area contributed by atoms with E-state index in [1.54, 1.807) is 19.9 Å². The highest BCUT2D eigenvalue weighted by Crippen LogP contribution is 2.11. The van der Waals surface area contributed by atoms with Gasteiger partial charge in [-0.15, -0.1) is 0 Å². The van der Waals surface area contributed by atoms with E-state index >= 15 is 0 Å². The van der Waals surface area contributed by atoms with E-state index in [9.17, 15) is 9.59 Å². The molecule has 5 nitrogen and oxygen atoms in total. The molecule has 0 saturated heterocycles. The number of hydrogen-bond acceptors (Lipinski definition) is 4. The van der Waals surface area contributed by atoms with Crippen LogP contribution in [0.15, 0.2) is 11.6 Å². The van der Waals surface area contributed by atoms with E-state index in [4.69, 9.17) is 5.73 Å². The summed E-state index contributed by atoms with van der Waals surface area (Å²) >= 11 is 0. The van der Waals surface area contributed by atoms with Crippen LogP contribution in [-0.4, -0.2) is 32.1 Å². The molecule has 0 aliphatic heterocycles. The van der Waals surface area contributed by atoms with Gasteiger partial charge in [-0.3, -0.25) is 4.79 Å². The highest BCUT2D eigenvalue weighted by atomic mass is 16.5. The van der Waals surface area contributed by atoms with Crippen molar-refractivity contribution in [2.75, 3.05) is 20.2 Å². The summed E-state index contributed by atoms with van der Waals surface area (Å²) in [6.07, 6.45) is 2.39. The van der Waals surface area contributed by atoms with Gasteiger partial charge in [0.15, 0.2) is 0 Å². The van der Waals surface area contributed by atoms with Crippen molar-refractivity contribution in [1.82, 2.24) is 5.32 Å². The summed E-state index contributed by atoms with van der Waals surface area (Å²) in [4.78, 5) is 22.3. The van der Waals surface area contributed by atoms with Gasteiger partial charge < -0.3 is 15.8 Å². The highest BCUT2D eigenvalue weighted by molar-refractivity contribution is 5.88. The van der Waals surface area contributed by atoms with Gasteiger partial charge in [-0.25, -0.2) is 4.79 Å². The molecule has 3 N–H and O–H groups in total. The number of carbonyl (C=O) groups excluding carboxylic acids is 2. The first kappa shape index (κ1) is 15.6. The smallest absolute Gasteiger partial charge is 0.333 e. The number of rotatable bonds is 7. The zero-order valence-corrected chi connectivity index (χ0v) is 11.0. The standard InChI is InChI=1S/C12H22N2O3/c1-5-9(10(15)17-4)6-7-14-8-12(2,3)11(13)16/h6,14H,5,7-8H2,1-4H3,(H2,13,16). The van der Waals surface area contributed by atoms with Crippen molar-refractivity contribution in [2.45, 2.75) is 27.2 Å². The Balaban J connectivity index is 4.18. The monoisotopic (exact) mass is 242 g/mol. The Bertz CT molecular complexity index is 309. The van der Waals surface area contributed by atoms with Crippen molar-refractivity contribution in [3.05, 3.63) is 11.6 Å². The van der Waals surface area contributed by atoms with Gasteiger partial charge >= 0.3 is 5.97 Å². The molecule has 0 heterocycles. The van der Waals surface area contributed by atoms with Crippen molar-refractivity contribution < 1.29 is 14.3 Å². The first-order chi connectivity index (χ1) is 7.85. The van der Waals surface area contributed by atoms with Gasteiger partial charge in [0, 0.05) is 18.7 Å². The second kappa shape index (κ2) is 7.06. The van der Waals surface area contributed by atoms with Crippen LogP contribution in [0.1, 0.15) is 27.2 Å². The average Bonchev–Trinajstić information content (AvgIpc) is 2.28. The summed E-state index contributed by atoms with van der Waals surface area (Å²) in [7, 11) is 1.36. The fraction of sp³-hybridized carbons (Fsp3) is 0.667. The molecule has 0 aromatic carbocycles. The molecule has 17 heavy (non-hydrogen) atoms. The van der Waals surface area contributed by atoms with Crippen LogP contribution in [0.5, 0.6) is 0 Å². The van der Waals surface area contributed by atoms with Gasteiger partial charge in [0.1, 0.15) is 0 Å². The summed E-state index contributed by atoms with van der Waals surface area (Å²) in [6, 6.07) is 0. The van der Waals surface area contributed by atoms with E-state index in [0.29, 0.717) is 25.1 Å². The maximum absolute atomic E-state index is 11.2. The van der Waals surface area contributed by atoms with Crippen LogP contribution in [0.25, 0.3) is 0 Å². The fourth-order valence-electron chi connectivity index (χ4n) is 1.17. The molecule has 0 aliphatic rings. The molecule has 0 fully saturated rings. The Hall–Kier alpha value is -1.36. The Morgan fingerprint density at radius 2 is 2.00 bits per heavy atom. The van der Waals surface area contributed by atoms with Gasteiger partial charge in [0.2, 0.25) is 5.91 Å². The first-order valence-electron chi connectivity index (χ1n) is 5.63. The number of hydrogen-bond donors (Lipinski definition) is 2. The number of primary amides is 1. The minimum atomic E-state index is -0.592. The van der Waals surface area contributed by atoms with E-state index in [2.05, 4.69) is 10.1 Å². The van der Waals surface area contributed by atoms with Crippen LogP contribution in [0.3, 0.4) is 0 Å². The van der Waals surface area contributed by atoms with Crippen LogP contribution >= 0.6 is 0 Å². The van der Waals surface area contributed by atoms with Gasteiger partial charge in [0.05, 0.1) is 12.5 Å². The summed E-state index contributed by atoms with van der Waals surface area (Å²) in [6.45, 7) is 6.41. The van der Waals surface area contributed by atoms with Crippen LogP contribution in [0.4, 0.5) is 0 Å². The second-order valence-electron chi connectivity index (χ2n) is 4.45. The van der Waals surface area contributed by atoms with Crippen molar-refractivity contribution in [1.29, 1.82) is 0 Å². The Morgan fingerprint density at radius 1 is 1.41 bits per heavy atom. The lowest BCUT2D eigenvalue weighted by atomic mass is 9.93. The fourth-order valence-corrected chi connectivity index (χ4v) is 1.17. The van der Waals surface area contributed by atoms with Crippen molar-refractivity contribution in [3.63, 3.8) is 0 Å².